The van der Waals surface area contributed by atoms with E-state index in [2.05, 4.69) is 16.0 Å². The van der Waals surface area contributed by atoms with Crippen molar-refractivity contribution < 1.29 is 18.7 Å². The maximum Gasteiger partial charge on any atom is 0.255 e. The molecule has 0 saturated carbocycles. The Kier molecular flexibility index (Phi) is 10.2. The smallest absolute Gasteiger partial charge is 0.255 e. The van der Waals surface area contributed by atoms with Crippen LogP contribution in [0, 0.1) is 12.3 Å². The number of benzene rings is 3. The number of alkyl halides is 1. The zero-order chi connectivity index (χ0) is 26.6. The number of aryl methyl sites for hydroxylation is 1. The van der Waals surface area contributed by atoms with Gasteiger partial charge in [-0.3, -0.25) is 15.0 Å². The molecule has 7 nitrogen and oxygen atoms in total. The third-order valence-corrected chi connectivity index (χ3v) is 5.87. The van der Waals surface area contributed by atoms with Crippen LogP contribution in [0.2, 0.25) is 0 Å². The Bertz CT molecular complexity index is 1220. The van der Waals surface area contributed by atoms with Crippen LogP contribution in [-0.2, 0) is 11.3 Å². The van der Waals surface area contributed by atoms with E-state index in [9.17, 15) is 14.0 Å². The molecule has 0 spiro atoms. The molecule has 2 amide bonds. The van der Waals surface area contributed by atoms with Crippen LogP contribution < -0.4 is 20.7 Å². The minimum atomic E-state index is -0.880. The fraction of sp³-hybridized carbons (Fsp3) is 0.276. The molecule has 3 rings (SSSR count). The van der Waals surface area contributed by atoms with E-state index >= 15 is 0 Å². The molecule has 8 heteroatoms. The Balaban J connectivity index is 1.77. The van der Waals surface area contributed by atoms with Crippen molar-refractivity contribution >= 4 is 17.6 Å². The van der Waals surface area contributed by atoms with Crippen molar-refractivity contribution in [3.63, 3.8) is 0 Å². The highest BCUT2D eigenvalue weighted by Gasteiger charge is 2.23. The quantitative estimate of drug-likeness (QED) is 0.167. The highest BCUT2D eigenvalue weighted by molar-refractivity contribution is 6.00. The van der Waals surface area contributed by atoms with Crippen LogP contribution in [-0.4, -0.2) is 44.0 Å². The lowest BCUT2D eigenvalue weighted by Crippen LogP contribution is -2.47. The van der Waals surface area contributed by atoms with E-state index in [0.29, 0.717) is 37.2 Å². The Morgan fingerprint density at radius 2 is 1.73 bits per heavy atom. The normalized spacial score (nSPS) is 11.3. The van der Waals surface area contributed by atoms with E-state index in [0.717, 1.165) is 22.3 Å². The Morgan fingerprint density at radius 3 is 2.43 bits per heavy atom. The molecule has 3 aromatic carbocycles. The van der Waals surface area contributed by atoms with Crippen LogP contribution in [0.25, 0.3) is 11.1 Å². The lowest BCUT2D eigenvalue weighted by molar-refractivity contribution is -0.123. The van der Waals surface area contributed by atoms with Gasteiger partial charge >= 0.3 is 0 Å². The molecule has 37 heavy (non-hydrogen) atoms. The number of amides is 2. The topological polar surface area (TPSA) is 103 Å². The number of carbonyl (C=O) groups is 2. The van der Waals surface area contributed by atoms with Crippen molar-refractivity contribution in [1.82, 2.24) is 16.0 Å². The molecule has 4 N–H and O–H groups in total. The molecule has 1 unspecified atom stereocenters. The van der Waals surface area contributed by atoms with Gasteiger partial charge < -0.3 is 20.7 Å². The predicted octanol–water partition coefficient (Wildman–Crippen LogP) is 4.40. The number of ether oxygens (including phenoxy) is 1. The SMILES string of the molecule is COc1ccc(-c2cccc(C)c2)cc1C(=O)NC(CCCNC(=N)CF)C(=O)NCc1ccccc1. The molecule has 0 aliphatic heterocycles. The van der Waals surface area contributed by atoms with Gasteiger partial charge in [-0.1, -0.05) is 66.2 Å². The number of amidine groups is 1. The van der Waals surface area contributed by atoms with Gasteiger partial charge in [0.15, 0.2) is 0 Å². The van der Waals surface area contributed by atoms with Gasteiger partial charge in [0.2, 0.25) is 5.91 Å². The molecular weight excluding hydrogens is 471 g/mol. The largest absolute Gasteiger partial charge is 0.496 e. The van der Waals surface area contributed by atoms with E-state index in [4.69, 9.17) is 10.1 Å². The average molecular weight is 505 g/mol. The summed E-state index contributed by atoms with van der Waals surface area (Å²) >= 11 is 0. The number of carbonyl (C=O) groups excluding carboxylic acids is 2. The molecule has 0 aliphatic rings. The third kappa shape index (κ3) is 8.17. The van der Waals surface area contributed by atoms with E-state index in [1.165, 1.54) is 7.11 Å². The van der Waals surface area contributed by atoms with Gasteiger partial charge in [0.1, 0.15) is 24.3 Å². The lowest BCUT2D eigenvalue weighted by Gasteiger charge is -2.20. The molecule has 3 aromatic rings. The Morgan fingerprint density at radius 1 is 0.973 bits per heavy atom. The van der Waals surface area contributed by atoms with Crippen molar-refractivity contribution in [3.05, 3.63) is 89.5 Å². The molecule has 0 heterocycles. The van der Waals surface area contributed by atoms with Crippen molar-refractivity contribution in [3.8, 4) is 16.9 Å². The van der Waals surface area contributed by atoms with E-state index in [-0.39, 0.29) is 11.7 Å². The first-order valence-corrected chi connectivity index (χ1v) is 12.2. The first-order valence-electron chi connectivity index (χ1n) is 12.2. The summed E-state index contributed by atoms with van der Waals surface area (Å²) in [5, 5.41) is 15.8. The van der Waals surface area contributed by atoms with Gasteiger partial charge in [0, 0.05) is 13.1 Å². The van der Waals surface area contributed by atoms with Gasteiger partial charge in [0.05, 0.1) is 12.7 Å². The van der Waals surface area contributed by atoms with Gasteiger partial charge in [-0.05, 0) is 48.6 Å². The van der Waals surface area contributed by atoms with Gasteiger partial charge in [-0.15, -0.1) is 0 Å². The van der Waals surface area contributed by atoms with Crippen molar-refractivity contribution in [2.75, 3.05) is 20.3 Å². The van der Waals surface area contributed by atoms with Crippen LogP contribution >= 0.6 is 0 Å². The molecule has 0 fully saturated rings. The minimum Gasteiger partial charge on any atom is -0.496 e. The van der Waals surface area contributed by atoms with Gasteiger partial charge in [-0.25, -0.2) is 4.39 Å². The highest BCUT2D eigenvalue weighted by Crippen LogP contribution is 2.27. The third-order valence-electron chi connectivity index (χ3n) is 5.87. The maximum atomic E-state index is 13.4. The second kappa shape index (κ2) is 13.8. The summed E-state index contributed by atoms with van der Waals surface area (Å²) in [6.07, 6.45) is 0.755. The first-order chi connectivity index (χ1) is 17.9. The fourth-order valence-corrected chi connectivity index (χ4v) is 3.90. The summed E-state index contributed by atoms with van der Waals surface area (Å²) in [5.74, 6) is -0.579. The highest BCUT2D eigenvalue weighted by atomic mass is 19.1. The van der Waals surface area contributed by atoms with Gasteiger partial charge in [0.25, 0.3) is 5.91 Å². The minimum absolute atomic E-state index is 0.216. The number of halogens is 1. The van der Waals surface area contributed by atoms with Crippen molar-refractivity contribution in [2.24, 2.45) is 0 Å². The number of methoxy groups -OCH3 is 1. The summed E-state index contributed by atoms with van der Waals surface area (Å²) in [6, 6.07) is 22.0. The number of rotatable bonds is 12. The molecule has 0 saturated heterocycles. The molecule has 194 valence electrons. The molecule has 1 atom stereocenters. The average Bonchev–Trinajstić information content (AvgIpc) is 2.93. The molecule has 0 radical (unpaired) electrons. The van der Waals surface area contributed by atoms with Crippen molar-refractivity contribution in [1.29, 1.82) is 5.41 Å². The molecule has 0 bridgehead atoms. The molecular formula is C29H33FN4O3. The van der Waals surface area contributed by atoms with E-state index < -0.39 is 18.6 Å². The second-order valence-electron chi connectivity index (χ2n) is 8.70. The zero-order valence-electron chi connectivity index (χ0n) is 21.1. The first kappa shape index (κ1) is 27.4. The maximum absolute atomic E-state index is 13.4. The van der Waals surface area contributed by atoms with Crippen LogP contribution in [0.15, 0.2) is 72.8 Å². The summed E-state index contributed by atoms with van der Waals surface area (Å²) in [5.41, 5.74) is 4.18. The Hall–Kier alpha value is -4.20. The number of nitrogens with one attached hydrogen (secondary N) is 4. The van der Waals surface area contributed by atoms with E-state index in [1.807, 2.05) is 67.6 Å². The standard InChI is InChI=1S/C29H33FN4O3/c1-20-8-6-11-22(16-20)23-13-14-26(37-2)24(17-23)28(35)34-25(12-7-15-32-27(31)18-30)29(36)33-19-21-9-4-3-5-10-21/h3-6,8-11,13-14,16-17,25H,7,12,15,18-19H2,1-2H3,(H2,31,32)(H,33,36)(H,34,35). The lowest BCUT2D eigenvalue weighted by atomic mass is 10.00. The number of hydrogen-bond donors (Lipinski definition) is 4. The van der Waals surface area contributed by atoms with Crippen LogP contribution in [0.4, 0.5) is 4.39 Å². The predicted molar refractivity (Wildman–Crippen MR) is 144 cm³/mol. The van der Waals surface area contributed by atoms with Crippen LogP contribution in [0.1, 0.15) is 34.3 Å². The summed E-state index contributed by atoms with van der Waals surface area (Å²) in [6.45, 7) is 1.76. The summed E-state index contributed by atoms with van der Waals surface area (Å²) in [4.78, 5) is 26.4. The second-order valence-corrected chi connectivity index (χ2v) is 8.70. The van der Waals surface area contributed by atoms with Crippen LogP contribution in [0.5, 0.6) is 5.75 Å². The molecule has 0 aromatic heterocycles. The van der Waals surface area contributed by atoms with Gasteiger partial charge in [-0.2, -0.15) is 0 Å². The summed E-state index contributed by atoms with van der Waals surface area (Å²) < 4.78 is 18.0. The Labute approximate surface area is 216 Å². The monoisotopic (exact) mass is 504 g/mol. The van der Waals surface area contributed by atoms with E-state index in [1.54, 1.807) is 12.1 Å². The van der Waals surface area contributed by atoms with Crippen LogP contribution in [0.3, 0.4) is 0 Å². The zero-order valence-corrected chi connectivity index (χ0v) is 21.1. The fourth-order valence-electron chi connectivity index (χ4n) is 3.90. The number of hydrogen-bond acceptors (Lipinski definition) is 4. The van der Waals surface area contributed by atoms with Crippen molar-refractivity contribution in [2.45, 2.75) is 32.4 Å². The summed E-state index contributed by atoms with van der Waals surface area (Å²) in [7, 11) is 1.49. The molecule has 0 aliphatic carbocycles.